The van der Waals surface area contributed by atoms with Crippen molar-refractivity contribution in [1.82, 2.24) is 4.37 Å². The lowest BCUT2D eigenvalue weighted by atomic mass is 10.2. The maximum atomic E-state index is 11.9. The van der Waals surface area contributed by atoms with E-state index in [0.717, 1.165) is 25.8 Å². The first-order valence-corrected chi connectivity index (χ1v) is 9.17. The molecule has 2 N–H and O–H groups in total. The van der Waals surface area contributed by atoms with Gasteiger partial charge in [0.2, 0.25) is 0 Å². The molecule has 7 heteroatoms. The molecule has 5 nitrogen and oxygen atoms in total. The highest BCUT2D eigenvalue weighted by molar-refractivity contribution is 7.91. The highest BCUT2D eigenvalue weighted by Crippen LogP contribution is 2.35. The Morgan fingerprint density at radius 3 is 2.47 bits per heavy atom. The zero-order valence-electron chi connectivity index (χ0n) is 12.0. The van der Waals surface area contributed by atoms with E-state index in [9.17, 15) is 8.42 Å². The summed E-state index contributed by atoms with van der Waals surface area (Å²) in [6.45, 7) is 7.07. The number of hydrogen-bond donors (Lipinski definition) is 1. The van der Waals surface area contributed by atoms with Crippen molar-refractivity contribution in [3.8, 4) is 0 Å². The van der Waals surface area contributed by atoms with Crippen molar-refractivity contribution in [3.63, 3.8) is 0 Å². The SMILES string of the molecule is CCCCCN(c1snc(N)c1S(C)(=O)=O)C(C)C. The molecule has 0 aliphatic heterocycles. The van der Waals surface area contributed by atoms with Crippen LogP contribution in [0.1, 0.15) is 40.0 Å². The van der Waals surface area contributed by atoms with Gasteiger partial charge >= 0.3 is 0 Å². The second-order valence-electron chi connectivity index (χ2n) is 4.97. The minimum Gasteiger partial charge on any atom is -0.382 e. The fraction of sp³-hybridized carbons (Fsp3) is 0.750. The van der Waals surface area contributed by atoms with E-state index in [1.165, 1.54) is 17.8 Å². The Hall–Kier alpha value is -0.820. The molecular weight excluding hydrogens is 282 g/mol. The molecule has 110 valence electrons. The second kappa shape index (κ2) is 6.56. The third-order valence-electron chi connectivity index (χ3n) is 2.91. The molecule has 0 saturated heterocycles. The van der Waals surface area contributed by atoms with E-state index < -0.39 is 9.84 Å². The van der Waals surface area contributed by atoms with E-state index in [1.807, 2.05) is 13.8 Å². The Morgan fingerprint density at radius 2 is 2.00 bits per heavy atom. The van der Waals surface area contributed by atoms with Gasteiger partial charge in [-0.25, -0.2) is 8.42 Å². The van der Waals surface area contributed by atoms with Crippen molar-refractivity contribution in [2.24, 2.45) is 0 Å². The predicted molar refractivity (Wildman–Crippen MR) is 81.6 cm³/mol. The maximum absolute atomic E-state index is 11.9. The first kappa shape index (κ1) is 16.2. The number of nitrogens with zero attached hydrogens (tertiary/aromatic N) is 2. The Balaban J connectivity index is 3.10. The van der Waals surface area contributed by atoms with Crippen LogP contribution in [-0.2, 0) is 9.84 Å². The number of nitrogens with two attached hydrogens (primary N) is 1. The lowest BCUT2D eigenvalue weighted by molar-refractivity contribution is 0.598. The van der Waals surface area contributed by atoms with Crippen LogP contribution in [0.15, 0.2) is 4.90 Å². The van der Waals surface area contributed by atoms with Crippen LogP contribution in [-0.4, -0.2) is 31.6 Å². The fourth-order valence-electron chi connectivity index (χ4n) is 1.94. The van der Waals surface area contributed by atoms with Crippen LogP contribution in [0.4, 0.5) is 10.8 Å². The van der Waals surface area contributed by atoms with Gasteiger partial charge in [0, 0.05) is 18.8 Å². The van der Waals surface area contributed by atoms with Crippen LogP contribution >= 0.6 is 11.5 Å². The molecule has 0 spiro atoms. The minimum absolute atomic E-state index is 0.114. The van der Waals surface area contributed by atoms with Crippen molar-refractivity contribution in [2.75, 3.05) is 23.4 Å². The number of rotatable bonds is 7. The molecule has 0 bridgehead atoms. The van der Waals surface area contributed by atoms with Crippen molar-refractivity contribution < 1.29 is 8.42 Å². The number of nitrogen functional groups attached to an aromatic ring is 1. The molecule has 0 aliphatic rings. The average Bonchev–Trinajstić information content (AvgIpc) is 2.65. The Labute approximate surface area is 119 Å². The standard InChI is InChI=1S/C12H23N3O2S2/c1-5-6-7-8-15(9(2)3)12-10(19(4,16)17)11(13)14-18-12/h9H,5-8H2,1-4H3,(H2,13,14). The average molecular weight is 305 g/mol. The quantitative estimate of drug-likeness (QED) is 0.783. The van der Waals surface area contributed by atoms with Crippen LogP contribution < -0.4 is 10.6 Å². The van der Waals surface area contributed by atoms with Gasteiger partial charge in [-0.15, -0.1) is 0 Å². The van der Waals surface area contributed by atoms with E-state index in [0.29, 0.717) is 5.00 Å². The van der Waals surface area contributed by atoms with Crippen molar-refractivity contribution in [1.29, 1.82) is 0 Å². The van der Waals surface area contributed by atoms with E-state index >= 15 is 0 Å². The first-order chi connectivity index (χ1) is 8.79. The molecule has 0 aromatic carbocycles. The van der Waals surface area contributed by atoms with Gasteiger partial charge in [-0.1, -0.05) is 19.8 Å². The van der Waals surface area contributed by atoms with Gasteiger partial charge < -0.3 is 10.6 Å². The Bertz CT molecular complexity index is 509. The fourth-order valence-corrected chi connectivity index (χ4v) is 4.30. The van der Waals surface area contributed by atoms with Gasteiger partial charge in [0.1, 0.15) is 9.90 Å². The summed E-state index contributed by atoms with van der Waals surface area (Å²) in [4.78, 5) is 2.27. The molecule has 0 aliphatic carbocycles. The number of aromatic nitrogens is 1. The molecule has 1 aromatic rings. The monoisotopic (exact) mass is 305 g/mol. The zero-order chi connectivity index (χ0) is 14.6. The summed E-state index contributed by atoms with van der Waals surface area (Å²) >= 11 is 1.17. The highest BCUT2D eigenvalue weighted by atomic mass is 32.2. The highest BCUT2D eigenvalue weighted by Gasteiger charge is 2.26. The van der Waals surface area contributed by atoms with E-state index in [2.05, 4.69) is 16.2 Å². The molecule has 0 saturated carbocycles. The summed E-state index contributed by atoms with van der Waals surface area (Å²) in [6.07, 6.45) is 4.48. The molecule has 0 amide bonds. The van der Waals surface area contributed by atoms with E-state index in [4.69, 9.17) is 5.73 Å². The van der Waals surface area contributed by atoms with Crippen LogP contribution in [0.3, 0.4) is 0 Å². The molecule has 0 unspecified atom stereocenters. The van der Waals surface area contributed by atoms with Crippen molar-refractivity contribution >= 4 is 32.2 Å². The lowest BCUT2D eigenvalue weighted by Crippen LogP contribution is -2.32. The molecule has 0 fully saturated rings. The van der Waals surface area contributed by atoms with Gasteiger partial charge in [-0.2, -0.15) is 4.37 Å². The van der Waals surface area contributed by atoms with E-state index in [-0.39, 0.29) is 16.8 Å². The van der Waals surface area contributed by atoms with Crippen LogP contribution in [0.5, 0.6) is 0 Å². The number of hydrogen-bond acceptors (Lipinski definition) is 6. The normalized spacial score (nSPS) is 12.1. The van der Waals surface area contributed by atoms with Crippen LogP contribution in [0.25, 0.3) is 0 Å². The number of unbranched alkanes of at least 4 members (excludes halogenated alkanes) is 2. The molecule has 1 aromatic heterocycles. The van der Waals surface area contributed by atoms with Gasteiger partial charge in [-0.05, 0) is 31.8 Å². The lowest BCUT2D eigenvalue weighted by Gasteiger charge is -2.27. The summed E-state index contributed by atoms with van der Waals surface area (Å²) in [5, 5.41) is 0.672. The van der Waals surface area contributed by atoms with E-state index in [1.54, 1.807) is 0 Å². The second-order valence-corrected chi connectivity index (χ2v) is 7.67. The molecule has 1 heterocycles. The summed E-state index contributed by atoms with van der Waals surface area (Å²) < 4.78 is 27.7. The Kier molecular flexibility index (Phi) is 5.61. The molecule has 19 heavy (non-hydrogen) atoms. The maximum Gasteiger partial charge on any atom is 0.182 e. The van der Waals surface area contributed by atoms with Crippen LogP contribution in [0.2, 0.25) is 0 Å². The van der Waals surface area contributed by atoms with Gasteiger partial charge in [0.15, 0.2) is 15.7 Å². The minimum atomic E-state index is -3.35. The van der Waals surface area contributed by atoms with Gasteiger partial charge in [0.05, 0.1) is 0 Å². The van der Waals surface area contributed by atoms with Gasteiger partial charge in [0.25, 0.3) is 0 Å². The molecule has 0 atom stereocenters. The topological polar surface area (TPSA) is 76.3 Å². The molecule has 1 rings (SSSR count). The largest absolute Gasteiger partial charge is 0.382 e. The molecular formula is C12H23N3O2S2. The van der Waals surface area contributed by atoms with Crippen molar-refractivity contribution in [3.05, 3.63) is 0 Å². The molecule has 0 radical (unpaired) electrons. The number of sulfone groups is 1. The Morgan fingerprint density at radius 1 is 1.37 bits per heavy atom. The van der Waals surface area contributed by atoms with Crippen LogP contribution in [0, 0.1) is 0 Å². The number of anilines is 2. The predicted octanol–water partition coefficient (Wildman–Crippen LogP) is 2.53. The third kappa shape index (κ3) is 4.07. The first-order valence-electron chi connectivity index (χ1n) is 6.50. The smallest absolute Gasteiger partial charge is 0.182 e. The third-order valence-corrected chi connectivity index (χ3v) is 5.09. The summed E-state index contributed by atoms with van der Waals surface area (Å²) in [7, 11) is -3.35. The van der Waals surface area contributed by atoms with Crippen molar-refractivity contribution in [2.45, 2.75) is 51.0 Å². The summed E-state index contributed by atoms with van der Waals surface area (Å²) in [6, 6.07) is 0.220. The van der Waals surface area contributed by atoms with Gasteiger partial charge in [-0.3, -0.25) is 0 Å². The summed E-state index contributed by atoms with van der Waals surface area (Å²) in [5.41, 5.74) is 5.71. The summed E-state index contributed by atoms with van der Waals surface area (Å²) in [5.74, 6) is 0.114. The zero-order valence-corrected chi connectivity index (χ0v) is 13.6.